The minimum Gasteiger partial charge on any atom is -0.488 e. The molecule has 0 atom stereocenters. The predicted octanol–water partition coefficient (Wildman–Crippen LogP) is 5.16. The van der Waals surface area contributed by atoms with E-state index in [2.05, 4.69) is 5.32 Å². The molecular weight excluding hydrogens is 346 g/mol. The normalized spacial score (nSPS) is 10.4. The Kier molecular flexibility index (Phi) is 5.92. The van der Waals surface area contributed by atoms with Crippen molar-refractivity contribution in [1.82, 2.24) is 5.32 Å². The molecule has 1 amide bonds. The van der Waals surface area contributed by atoms with Crippen LogP contribution in [0.3, 0.4) is 0 Å². The van der Waals surface area contributed by atoms with Gasteiger partial charge in [0.1, 0.15) is 12.4 Å². The highest BCUT2D eigenvalue weighted by Gasteiger charge is 2.13. The molecule has 0 fully saturated rings. The Bertz CT molecular complexity index is 894. The van der Waals surface area contributed by atoms with Gasteiger partial charge in [0.15, 0.2) is 0 Å². The van der Waals surface area contributed by atoms with E-state index in [0.29, 0.717) is 29.5 Å². The quantitative estimate of drug-likeness (QED) is 0.655. The molecule has 3 rings (SSSR count). The maximum absolute atomic E-state index is 12.6. The fraction of sp³-hybridized carbons (Fsp3) is 0.136. The van der Waals surface area contributed by atoms with Gasteiger partial charge in [0, 0.05) is 11.6 Å². The second-order valence-electron chi connectivity index (χ2n) is 6.09. The number of hydrogen-bond donors (Lipinski definition) is 1. The first-order chi connectivity index (χ1) is 12.6. The van der Waals surface area contributed by atoms with E-state index in [9.17, 15) is 4.79 Å². The lowest BCUT2D eigenvalue weighted by molar-refractivity contribution is 0.0946. The zero-order valence-corrected chi connectivity index (χ0v) is 15.3. The standard InChI is InChI=1S/C22H20ClNO2/c1-16-6-5-9-18(12-16)14-24-22(25)20-13-19(23)10-11-21(20)26-15-17-7-3-2-4-8-17/h2-13H,14-15H2,1H3,(H,24,25). The molecule has 132 valence electrons. The van der Waals surface area contributed by atoms with Gasteiger partial charge in [-0.05, 0) is 36.2 Å². The molecule has 0 unspecified atom stereocenters. The first-order valence-corrected chi connectivity index (χ1v) is 8.79. The summed E-state index contributed by atoms with van der Waals surface area (Å²) in [4.78, 5) is 12.6. The van der Waals surface area contributed by atoms with E-state index in [1.165, 1.54) is 0 Å². The van der Waals surface area contributed by atoms with Crippen molar-refractivity contribution in [1.29, 1.82) is 0 Å². The number of nitrogens with one attached hydrogen (secondary N) is 1. The molecule has 0 heterocycles. The van der Waals surface area contributed by atoms with Gasteiger partial charge in [-0.25, -0.2) is 0 Å². The fourth-order valence-corrected chi connectivity index (χ4v) is 2.81. The van der Waals surface area contributed by atoms with Crippen LogP contribution in [0, 0.1) is 6.92 Å². The van der Waals surface area contributed by atoms with E-state index >= 15 is 0 Å². The van der Waals surface area contributed by atoms with Gasteiger partial charge in [-0.3, -0.25) is 4.79 Å². The lowest BCUT2D eigenvalue weighted by Gasteiger charge is -2.13. The predicted molar refractivity (Wildman–Crippen MR) is 105 cm³/mol. The Balaban J connectivity index is 1.71. The Morgan fingerprint density at radius 3 is 2.50 bits per heavy atom. The van der Waals surface area contributed by atoms with Crippen LogP contribution in [0.25, 0.3) is 0 Å². The number of benzene rings is 3. The van der Waals surface area contributed by atoms with Crippen LogP contribution < -0.4 is 10.1 Å². The second kappa shape index (κ2) is 8.54. The minimum absolute atomic E-state index is 0.211. The summed E-state index contributed by atoms with van der Waals surface area (Å²) in [5, 5.41) is 3.43. The third-order valence-corrected chi connectivity index (χ3v) is 4.19. The highest BCUT2D eigenvalue weighted by Crippen LogP contribution is 2.24. The number of rotatable bonds is 6. The van der Waals surface area contributed by atoms with Gasteiger partial charge < -0.3 is 10.1 Å². The van der Waals surface area contributed by atoms with E-state index in [-0.39, 0.29) is 5.91 Å². The smallest absolute Gasteiger partial charge is 0.255 e. The first-order valence-electron chi connectivity index (χ1n) is 8.42. The largest absolute Gasteiger partial charge is 0.488 e. The summed E-state index contributed by atoms with van der Waals surface area (Å²) in [6.07, 6.45) is 0. The summed E-state index contributed by atoms with van der Waals surface area (Å²) in [5.41, 5.74) is 3.67. The number of hydrogen-bond acceptors (Lipinski definition) is 2. The van der Waals surface area contributed by atoms with Crippen LogP contribution in [0.5, 0.6) is 5.75 Å². The summed E-state index contributed by atoms with van der Waals surface area (Å²) >= 11 is 6.08. The van der Waals surface area contributed by atoms with Crippen LogP contribution in [0.1, 0.15) is 27.0 Å². The summed E-state index contributed by atoms with van der Waals surface area (Å²) < 4.78 is 5.85. The summed E-state index contributed by atoms with van der Waals surface area (Å²) in [7, 11) is 0. The van der Waals surface area contributed by atoms with Crippen LogP contribution in [0.2, 0.25) is 5.02 Å². The minimum atomic E-state index is -0.211. The van der Waals surface area contributed by atoms with Gasteiger partial charge in [-0.15, -0.1) is 0 Å². The van der Waals surface area contributed by atoms with E-state index < -0.39 is 0 Å². The lowest BCUT2D eigenvalue weighted by atomic mass is 10.1. The molecule has 0 aliphatic heterocycles. The molecule has 3 aromatic rings. The van der Waals surface area contributed by atoms with Gasteiger partial charge in [-0.2, -0.15) is 0 Å². The van der Waals surface area contributed by atoms with E-state index in [1.54, 1.807) is 18.2 Å². The third-order valence-electron chi connectivity index (χ3n) is 3.96. The van der Waals surface area contributed by atoms with E-state index in [1.807, 2.05) is 61.5 Å². The fourth-order valence-electron chi connectivity index (χ4n) is 2.64. The Hall–Kier alpha value is -2.78. The van der Waals surface area contributed by atoms with Crippen LogP contribution in [0.4, 0.5) is 0 Å². The molecule has 1 N–H and O–H groups in total. The number of carbonyl (C=O) groups is 1. The molecule has 0 spiro atoms. The van der Waals surface area contributed by atoms with Crippen molar-refractivity contribution >= 4 is 17.5 Å². The van der Waals surface area contributed by atoms with Gasteiger partial charge in [-0.1, -0.05) is 71.8 Å². The number of aryl methyl sites for hydroxylation is 1. The van der Waals surface area contributed by atoms with Crippen LogP contribution >= 0.6 is 11.6 Å². The van der Waals surface area contributed by atoms with Crippen molar-refractivity contribution in [2.75, 3.05) is 0 Å². The van der Waals surface area contributed by atoms with Crippen molar-refractivity contribution in [2.45, 2.75) is 20.1 Å². The molecule has 0 radical (unpaired) electrons. The molecule has 0 saturated heterocycles. The molecule has 0 bridgehead atoms. The van der Waals surface area contributed by atoms with Gasteiger partial charge in [0.05, 0.1) is 5.56 Å². The topological polar surface area (TPSA) is 38.3 Å². The van der Waals surface area contributed by atoms with Crippen LogP contribution in [-0.4, -0.2) is 5.91 Å². The number of carbonyl (C=O) groups excluding carboxylic acids is 1. The number of ether oxygens (including phenoxy) is 1. The maximum Gasteiger partial charge on any atom is 0.255 e. The second-order valence-corrected chi connectivity index (χ2v) is 6.52. The average molecular weight is 366 g/mol. The average Bonchev–Trinajstić information content (AvgIpc) is 2.66. The van der Waals surface area contributed by atoms with Gasteiger partial charge >= 0.3 is 0 Å². The van der Waals surface area contributed by atoms with Gasteiger partial charge in [0.25, 0.3) is 5.91 Å². The maximum atomic E-state index is 12.6. The van der Waals surface area contributed by atoms with Crippen molar-refractivity contribution in [3.63, 3.8) is 0 Å². The number of halogens is 1. The zero-order valence-electron chi connectivity index (χ0n) is 14.5. The van der Waals surface area contributed by atoms with Crippen molar-refractivity contribution < 1.29 is 9.53 Å². The van der Waals surface area contributed by atoms with Gasteiger partial charge in [0.2, 0.25) is 0 Å². The summed E-state index contributed by atoms with van der Waals surface area (Å²) in [5.74, 6) is 0.303. The first kappa shape index (κ1) is 18.0. The highest BCUT2D eigenvalue weighted by atomic mass is 35.5. The SMILES string of the molecule is Cc1cccc(CNC(=O)c2cc(Cl)ccc2OCc2ccccc2)c1. The highest BCUT2D eigenvalue weighted by molar-refractivity contribution is 6.31. The lowest BCUT2D eigenvalue weighted by Crippen LogP contribution is -2.23. The van der Waals surface area contributed by atoms with E-state index in [0.717, 1.165) is 16.7 Å². The van der Waals surface area contributed by atoms with Crippen molar-refractivity contribution in [2.24, 2.45) is 0 Å². The Morgan fingerprint density at radius 1 is 0.962 bits per heavy atom. The molecule has 0 aromatic heterocycles. The molecule has 3 nitrogen and oxygen atoms in total. The van der Waals surface area contributed by atoms with Crippen LogP contribution in [-0.2, 0) is 13.2 Å². The molecule has 4 heteroatoms. The summed E-state index contributed by atoms with van der Waals surface area (Å²) in [6.45, 7) is 2.86. The monoisotopic (exact) mass is 365 g/mol. The zero-order chi connectivity index (χ0) is 18.4. The molecule has 3 aromatic carbocycles. The Morgan fingerprint density at radius 2 is 1.73 bits per heavy atom. The molecule has 26 heavy (non-hydrogen) atoms. The molecule has 0 aliphatic carbocycles. The third kappa shape index (κ3) is 4.87. The molecule has 0 saturated carbocycles. The number of amides is 1. The Labute approximate surface area is 158 Å². The van der Waals surface area contributed by atoms with Crippen molar-refractivity contribution in [3.8, 4) is 5.75 Å². The summed E-state index contributed by atoms with van der Waals surface area (Å²) in [6, 6.07) is 22.9. The van der Waals surface area contributed by atoms with E-state index in [4.69, 9.17) is 16.3 Å². The molecular formula is C22H20ClNO2. The molecule has 0 aliphatic rings. The van der Waals surface area contributed by atoms with Crippen molar-refractivity contribution in [3.05, 3.63) is 100 Å². The van der Waals surface area contributed by atoms with Crippen LogP contribution in [0.15, 0.2) is 72.8 Å².